The summed E-state index contributed by atoms with van der Waals surface area (Å²) in [7, 11) is 0. The molecule has 0 saturated heterocycles. The van der Waals surface area contributed by atoms with E-state index in [1.807, 2.05) is 0 Å². The Morgan fingerprint density at radius 2 is 2.00 bits per heavy atom. The third kappa shape index (κ3) is 5.30. The van der Waals surface area contributed by atoms with Gasteiger partial charge in [0.15, 0.2) is 5.96 Å². The van der Waals surface area contributed by atoms with Crippen LogP contribution in [0.1, 0.15) is 0 Å². The average Bonchev–Trinajstić information content (AvgIpc) is 1.27. The number of hydrogen-bond acceptors (Lipinski definition) is 1. The van der Waals surface area contributed by atoms with Crippen LogP contribution in [0.4, 0.5) is 0 Å². The summed E-state index contributed by atoms with van der Waals surface area (Å²) in [6.45, 7) is 3.21. The zero-order chi connectivity index (χ0) is 5.86. The quantitative estimate of drug-likeness (QED) is 0.289. The Morgan fingerprint density at radius 3 is 2.00 bits per heavy atom. The van der Waals surface area contributed by atoms with E-state index in [0.717, 1.165) is 0 Å². The average molecular weight is 120 g/mol. The lowest BCUT2D eigenvalue weighted by molar-refractivity contribution is 1.41. The Morgan fingerprint density at radius 1 is 1.57 bits per heavy atom. The highest BCUT2D eigenvalue weighted by atomic mass is 35.5. The first-order valence-electron chi connectivity index (χ1n) is 1.57. The van der Waals surface area contributed by atoms with E-state index in [1.165, 1.54) is 0 Å². The van der Waals surface area contributed by atoms with Crippen LogP contribution in [0.25, 0.3) is 0 Å². The molecule has 0 aromatic rings. The molecule has 0 bridgehead atoms. The van der Waals surface area contributed by atoms with Crippen molar-refractivity contribution in [2.75, 3.05) is 0 Å². The molecule has 0 aromatic heterocycles. The van der Waals surface area contributed by atoms with Gasteiger partial charge in [0.2, 0.25) is 0 Å². The van der Waals surface area contributed by atoms with Crippen molar-refractivity contribution in [2.45, 2.75) is 0 Å². The van der Waals surface area contributed by atoms with Gasteiger partial charge in [-0.2, -0.15) is 0 Å². The topological polar surface area (TPSA) is 64.4 Å². The fourth-order valence-electron chi connectivity index (χ4n) is 0.140. The van der Waals surface area contributed by atoms with Crippen molar-refractivity contribution < 1.29 is 0 Å². The predicted molar refractivity (Wildman–Crippen MR) is 30.8 cm³/mol. The minimum atomic E-state index is -0.0694. The van der Waals surface area contributed by atoms with Crippen molar-refractivity contribution >= 4 is 17.6 Å². The second-order valence-corrected chi connectivity index (χ2v) is 1.35. The first-order valence-corrected chi connectivity index (χ1v) is 1.95. The summed E-state index contributed by atoms with van der Waals surface area (Å²) in [5, 5.41) is 0.0972. The van der Waals surface area contributed by atoms with Crippen LogP contribution in [0.3, 0.4) is 0 Å². The van der Waals surface area contributed by atoms with Crippen LogP contribution in [0, 0.1) is 0 Å². The number of nitrogens with zero attached hydrogens (tertiary/aromatic N) is 1. The van der Waals surface area contributed by atoms with E-state index >= 15 is 0 Å². The zero-order valence-electron chi connectivity index (χ0n) is 3.69. The van der Waals surface area contributed by atoms with Gasteiger partial charge < -0.3 is 11.5 Å². The highest BCUT2D eigenvalue weighted by Crippen LogP contribution is 1.94. The highest BCUT2D eigenvalue weighted by Gasteiger charge is 1.78. The maximum Gasteiger partial charge on any atom is 0.192 e. The van der Waals surface area contributed by atoms with Crippen molar-refractivity contribution in [3.63, 3.8) is 0 Å². The molecule has 0 aliphatic carbocycles. The molecule has 0 atom stereocenters. The molecule has 0 saturated carbocycles. The van der Waals surface area contributed by atoms with E-state index in [1.54, 1.807) is 0 Å². The molecule has 0 aliphatic rings. The van der Waals surface area contributed by atoms with Gasteiger partial charge in [-0.15, -0.1) is 0 Å². The molecule has 3 nitrogen and oxygen atoms in total. The van der Waals surface area contributed by atoms with Gasteiger partial charge in [0, 0.05) is 0 Å². The molecule has 0 aromatic carbocycles. The van der Waals surface area contributed by atoms with Crippen LogP contribution in [0.5, 0.6) is 0 Å². The minimum absolute atomic E-state index is 0.0694. The summed E-state index contributed by atoms with van der Waals surface area (Å²) >= 11 is 5.13. The van der Waals surface area contributed by atoms with Crippen molar-refractivity contribution in [3.8, 4) is 0 Å². The molecule has 4 N–H and O–H groups in total. The van der Waals surface area contributed by atoms with Crippen LogP contribution >= 0.6 is 11.6 Å². The smallest absolute Gasteiger partial charge is 0.192 e. The number of rotatable bonds is 1. The summed E-state index contributed by atoms with van der Waals surface area (Å²) in [5.41, 5.74) is 9.75. The number of hydrogen-bond donors (Lipinski definition) is 2. The summed E-state index contributed by atoms with van der Waals surface area (Å²) < 4.78 is 0. The van der Waals surface area contributed by atoms with Gasteiger partial charge in [0.05, 0.1) is 0 Å². The molecule has 40 valence electrons. The van der Waals surface area contributed by atoms with Crippen LogP contribution in [-0.2, 0) is 0 Å². The van der Waals surface area contributed by atoms with Crippen LogP contribution in [0.15, 0.2) is 16.7 Å². The Kier molecular flexibility index (Phi) is 2.22. The lowest BCUT2D eigenvalue weighted by atomic mass is 11.0. The zero-order valence-corrected chi connectivity index (χ0v) is 4.44. The van der Waals surface area contributed by atoms with E-state index in [2.05, 4.69) is 11.6 Å². The van der Waals surface area contributed by atoms with Gasteiger partial charge in [0.1, 0.15) is 5.16 Å². The van der Waals surface area contributed by atoms with Crippen LogP contribution in [-0.4, -0.2) is 5.96 Å². The van der Waals surface area contributed by atoms with Gasteiger partial charge in [-0.25, -0.2) is 4.99 Å². The van der Waals surface area contributed by atoms with Crippen molar-refractivity contribution in [1.29, 1.82) is 0 Å². The molecule has 0 heterocycles. The Labute approximate surface area is 46.7 Å². The first-order chi connectivity index (χ1) is 3.13. The third-order valence-electron chi connectivity index (χ3n) is 0.250. The Hall–Kier alpha value is -0.700. The Bertz CT molecular complexity index is 103. The maximum atomic E-state index is 5.13. The Balaban J connectivity index is 3.68. The summed E-state index contributed by atoms with van der Waals surface area (Å²) in [6.07, 6.45) is 0. The molecular weight excluding hydrogens is 114 g/mol. The standard InChI is InChI=1S/C3H6ClN3/c1-2(4)7-3(5)6/h1H2,(H4,5,6,7). The van der Waals surface area contributed by atoms with Crippen molar-refractivity contribution in [3.05, 3.63) is 11.7 Å². The molecule has 0 amide bonds. The molecule has 0 fully saturated rings. The van der Waals surface area contributed by atoms with E-state index in [4.69, 9.17) is 23.1 Å². The summed E-state index contributed by atoms with van der Waals surface area (Å²) in [5.74, 6) is -0.0694. The molecule has 0 aliphatic heterocycles. The largest absolute Gasteiger partial charge is 0.370 e. The second-order valence-electron chi connectivity index (χ2n) is 0.913. The lowest BCUT2D eigenvalue weighted by Gasteiger charge is -1.84. The van der Waals surface area contributed by atoms with E-state index in [9.17, 15) is 0 Å². The third-order valence-corrected chi connectivity index (χ3v) is 0.335. The van der Waals surface area contributed by atoms with Gasteiger partial charge in [-0.3, -0.25) is 0 Å². The highest BCUT2D eigenvalue weighted by molar-refractivity contribution is 6.29. The summed E-state index contributed by atoms with van der Waals surface area (Å²) in [4.78, 5) is 3.32. The van der Waals surface area contributed by atoms with E-state index in [0.29, 0.717) is 0 Å². The minimum Gasteiger partial charge on any atom is -0.370 e. The lowest BCUT2D eigenvalue weighted by Crippen LogP contribution is -2.22. The molecule has 0 unspecified atom stereocenters. The first kappa shape index (κ1) is 6.30. The molecular formula is C3H6ClN3. The van der Waals surface area contributed by atoms with Gasteiger partial charge >= 0.3 is 0 Å². The molecule has 0 radical (unpaired) electrons. The predicted octanol–water partition coefficient (Wildman–Crippen LogP) is -0.0302. The van der Waals surface area contributed by atoms with Gasteiger partial charge in [-0.1, -0.05) is 18.2 Å². The van der Waals surface area contributed by atoms with E-state index in [-0.39, 0.29) is 11.1 Å². The fraction of sp³-hybridized carbons (Fsp3) is 0. The van der Waals surface area contributed by atoms with E-state index < -0.39 is 0 Å². The molecule has 0 spiro atoms. The number of nitrogens with two attached hydrogens (primary N) is 2. The maximum absolute atomic E-state index is 5.13. The van der Waals surface area contributed by atoms with Crippen LogP contribution in [0.2, 0.25) is 0 Å². The van der Waals surface area contributed by atoms with Crippen LogP contribution < -0.4 is 11.5 Å². The van der Waals surface area contributed by atoms with Crippen molar-refractivity contribution in [1.82, 2.24) is 0 Å². The SMILES string of the molecule is C=C(Cl)N=C(N)N. The molecule has 0 rings (SSSR count). The number of aliphatic imine (C=N–C) groups is 1. The normalized spacial score (nSPS) is 7.57. The number of halogens is 1. The summed E-state index contributed by atoms with van der Waals surface area (Å²) in [6, 6.07) is 0. The second kappa shape index (κ2) is 2.47. The monoisotopic (exact) mass is 119 g/mol. The number of guanidine groups is 1. The fourth-order valence-corrected chi connectivity index (χ4v) is 0.238. The van der Waals surface area contributed by atoms with Gasteiger partial charge in [-0.05, 0) is 0 Å². The molecule has 7 heavy (non-hydrogen) atoms. The van der Waals surface area contributed by atoms with Gasteiger partial charge in [0.25, 0.3) is 0 Å². The van der Waals surface area contributed by atoms with Crippen molar-refractivity contribution in [2.24, 2.45) is 16.5 Å². The molecule has 4 heteroatoms.